The van der Waals surface area contributed by atoms with Crippen LogP contribution in [-0.2, 0) is 4.79 Å². The molecule has 2 aromatic rings. The van der Waals surface area contributed by atoms with Crippen molar-refractivity contribution in [3.05, 3.63) is 34.5 Å². The molecular formula is C16H17ClN2O3. The molecule has 1 aromatic heterocycles. The number of piperidine rings is 1. The molecule has 6 heteroatoms. The van der Waals surface area contributed by atoms with E-state index in [-0.39, 0.29) is 11.7 Å². The molecule has 1 saturated heterocycles. The first-order valence-electron chi connectivity index (χ1n) is 7.28. The minimum absolute atomic E-state index is 0.233. The number of rotatable bonds is 2. The Bertz CT molecular complexity index is 753. The van der Waals surface area contributed by atoms with Crippen molar-refractivity contribution >= 4 is 34.4 Å². The van der Waals surface area contributed by atoms with Gasteiger partial charge in [0, 0.05) is 17.5 Å². The maximum atomic E-state index is 12.8. The number of halogens is 1. The number of para-hydroxylation sites is 1. The maximum absolute atomic E-state index is 12.8. The molecule has 116 valence electrons. The molecule has 0 unspecified atom stereocenters. The molecule has 3 rings (SSSR count). The third kappa shape index (κ3) is 2.35. The summed E-state index contributed by atoms with van der Waals surface area (Å²) in [6, 6.07) is 4.82. The predicted molar refractivity (Wildman–Crippen MR) is 83.8 cm³/mol. The number of amides is 2. The van der Waals surface area contributed by atoms with E-state index in [4.69, 9.17) is 21.8 Å². The molecule has 1 aromatic carbocycles. The molecule has 2 N–H and O–H groups in total. The van der Waals surface area contributed by atoms with Crippen molar-refractivity contribution in [2.24, 2.45) is 5.73 Å². The zero-order valence-corrected chi connectivity index (χ0v) is 13.0. The van der Waals surface area contributed by atoms with Gasteiger partial charge in [0.25, 0.3) is 5.91 Å². The predicted octanol–water partition coefficient (Wildman–Crippen LogP) is 2.87. The normalized spacial score (nSPS) is 18.6. The van der Waals surface area contributed by atoms with Crippen LogP contribution in [-0.4, -0.2) is 29.3 Å². The molecule has 0 radical (unpaired) electrons. The first-order valence-corrected chi connectivity index (χ1v) is 7.66. The molecule has 0 bridgehead atoms. The summed E-state index contributed by atoms with van der Waals surface area (Å²) < 4.78 is 5.70. The lowest BCUT2D eigenvalue weighted by atomic mass is 10.0. The number of nitrogens with zero attached hydrogens (tertiary/aromatic N) is 1. The Hall–Kier alpha value is -2.01. The van der Waals surface area contributed by atoms with Gasteiger partial charge in [-0.2, -0.15) is 0 Å². The lowest BCUT2D eigenvalue weighted by molar-refractivity contribution is -0.123. The van der Waals surface area contributed by atoms with Gasteiger partial charge in [-0.25, -0.2) is 0 Å². The summed E-state index contributed by atoms with van der Waals surface area (Å²) in [5.41, 5.74) is 6.66. The zero-order valence-electron chi connectivity index (χ0n) is 12.3. The van der Waals surface area contributed by atoms with E-state index in [1.807, 2.05) is 19.1 Å². The third-order valence-electron chi connectivity index (χ3n) is 4.20. The van der Waals surface area contributed by atoms with Crippen LogP contribution < -0.4 is 5.73 Å². The van der Waals surface area contributed by atoms with Crippen LogP contribution in [0, 0.1) is 6.92 Å². The number of primary amides is 1. The molecule has 1 aliphatic rings. The van der Waals surface area contributed by atoms with Crippen LogP contribution in [0.25, 0.3) is 11.0 Å². The molecule has 5 nitrogen and oxygen atoms in total. The molecule has 22 heavy (non-hydrogen) atoms. The highest BCUT2D eigenvalue weighted by atomic mass is 35.5. The van der Waals surface area contributed by atoms with Crippen molar-refractivity contribution in [3.63, 3.8) is 0 Å². The topological polar surface area (TPSA) is 76.5 Å². The number of fused-ring (bicyclic) bond motifs is 1. The van der Waals surface area contributed by atoms with E-state index in [0.29, 0.717) is 23.6 Å². The monoisotopic (exact) mass is 320 g/mol. The summed E-state index contributed by atoms with van der Waals surface area (Å²) in [6.45, 7) is 2.33. The molecule has 1 aliphatic heterocycles. The van der Waals surface area contributed by atoms with Crippen LogP contribution in [0.5, 0.6) is 0 Å². The second-order valence-electron chi connectivity index (χ2n) is 5.59. The minimum atomic E-state index is -0.565. The average Bonchev–Trinajstić information content (AvgIpc) is 2.85. The third-order valence-corrected chi connectivity index (χ3v) is 4.50. The van der Waals surface area contributed by atoms with Gasteiger partial charge < -0.3 is 15.1 Å². The van der Waals surface area contributed by atoms with E-state index >= 15 is 0 Å². The second kappa shape index (κ2) is 5.65. The van der Waals surface area contributed by atoms with E-state index < -0.39 is 11.9 Å². The lowest BCUT2D eigenvalue weighted by Gasteiger charge is -2.33. The lowest BCUT2D eigenvalue weighted by Crippen LogP contribution is -2.50. The highest BCUT2D eigenvalue weighted by Gasteiger charge is 2.33. The number of hydrogen-bond acceptors (Lipinski definition) is 3. The van der Waals surface area contributed by atoms with Crippen molar-refractivity contribution in [1.29, 1.82) is 0 Å². The molecule has 1 atom stereocenters. The van der Waals surface area contributed by atoms with Crippen LogP contribution in [0.15, 0.2) is 22.6 Å². The van der Waals surface area contributed by atoms with E-state index in [1.54, 1.807) is 6.07 Å². The van der Waals surface area contributed by atoms with Gasteiger partial charge in [0.05, 0.1) is 5.02 Å². The van der Waals surface area contributed by atoms with Crippen LogP contribution in [0.2, 0.25) is 5.02 Å². The van der Waals surface area contributed by atoms with Crippen LogP contribution in [0.4, 0.5) is 0 Å². The number of benzene rings is 1. The van der Waals surface area contributed by atoms with E-state index in [9.17, 15) is 9.59 Å². The van der Waals surface area contributed by atoms with Gasteiger partial charge in [-0.05, 0) is 32.3 Å². The highest BCUT2D eigenvalue weighted by molar-refractivity contribution is 6.35. The SMILES string of the molecule is Cc1c(C(=O)N2CCCC[C@@H]2C(N)=O)oc2c(Cl)cccc12. The molecule has 0 spiro atoms. The van der Waals surface area contributed by atoms with Crippen LogP contribution in [0.1, 0.15) is 35.4 Å². The van der Waals surface area contributed by atoms with Gasteiger partial charge in [0.2, 0.25) is 5.91 Å². The largest absolute Gasteiger partial charge is 0.449 e. The fraction of sp³-hybridized carbons (Fsp3) is 0.375. The van der Waals surface area contributed by atoms with Gasteiger partial charge >= 0.3 is 0 Å². The number of carbonyl (C=O) groups is 2. The number of likely N-dealkylation sites (tertiary alicyclic amines) is 1. The number of aryl methyl sites for hydroxylation is 1. The Morgan fingerprint density at radius 3 is 2.82 bits per heavy atom. The first kappa shape index (κ1) is 14.9. The van der Waals surface area contributed by atoms with E-state index in [2.05, 4.69) is 0 Å². The van der Waals surface area contributed by atoms with Crippen molar-refractivity contribution in [3.8, 4) is 0 Å². The van der Waals surface area contributed by atoms with Gasteiger partial charge in [-0.1, -0.05) is 23.7 Å². The van der Waals surface area contributed by atoms with Gasteiger partial charge in [0.1, 0.15) is 6.04 Å². The molecule has 0 saturated carbocycles. The number of nitrogens with two attached hydrogens (primary N) is 1. The summed E-state index contributed by atoms with van der Waals surface area (Å²) in [4.78, 5) is 25.9. The number of carbonyl (C=O) groups excluding carboxylic acids is 2. The maximum Gasteiger partial charge on any atom is 0.290 e. The van der Waals surface area contributed by atoms with Crippen molar-refractivity contribution in [2.75, 3.05) is 6.54 Å². The average molecular weight is 321 g/mol. The summed E-state index contributed by atoms with van der Waals surface area (Å²) in [7, 11) is 0. The van der Waals surface area contributed by atoms with Crippen molar-refractivity contribution in [1.82, 2.24) is 4.90 Å². The number of furan rings is 1. The van der Waals surface area contributed by atoms with Gasteiger partial charge in [-0.3, -0.25) is 9.59 Å². The van der Waals surface area contributed by atoms with E-state index in [0.717, 1.165) is 23.8 Å². The standard InChI is InChI=1S/C16H17ClN2O3/c1-9-10-5-4-6-11(17)14(10)22-13(9)16(21)19-8-3-2-7-12(19)15(18)20/h4-6,12H,2-3,7-8H2,1H3,(H2,18,20)/t12-/m1/s1. The molecule has 2 amide bonds. The highest BCUT2D eigenvalue weighted by Crippen LogP contribution is 2.32. The Morgan fingerprint density at radius 2 is 2.14 bits per heavy atom. The van der Waals surface area contributed by atoms with Crippen LogP contribution in [0.3, 0.4) is 0 Å². The Labute approximate surface area is 133 Å². The van der Waals surface area contributed by atoms with Crippen molar-refractivity contribution in [2.45, 2.75) is 32.2 Å². The Balaban J connectivity index is 2.03. The summed E-state index contributed by atoms with van der Waals surface area (Å²) in [5, 5.41) is 1.27. The number of hydrogen-bond donors (Lipinski definition) is 1. The van der Waals surface area contributed by atoms with Gasteiger partial charge in [0.15, 0.2) is 11.3 Å². The smallest absolute Gasteiger partial charge is 0.290 e. The summed E-state index contributed by atoms with van der Waals surface area (Å²) >= 11 is 6.12. The minimum Gasteiger partial charge on any atom is -0.449 e. The zero-order chi connectivity index (χ0) is 15.9. The van der Waals surface area contributed by atoms with E-state index in [1.165, 1.54) is 4.90 Å². The first-order chi connectivity index (χ1) is 10.5. The summed E-state index contributed by atoms with van der Waals surface area (Å²) in [6.07, 6.45) is 2.35. The fourth-order valence-corrected chi connectivity index (χ4v) is 3.23. The molecular weight excluding hydrogens is 304 g/mol. The Morgan fingerprint density at radius 1 is 1.36 bits per heavy atom. The van der Waals surface area contributed by atoms with Crippen LogP contribution >= 0.6 is 11.6 Å². The summed E-state index contributed by atoms with van der Waals surface area (Å²) in [5.74, 6) is -0.538. The molecule has 2 heterocycles. The van der Waals surface area contributed by atoms with Crippen molar-refractivity contribution < 1.29 is 14.0 Å². The second-order valence-corrected chi connectivity index (χ2v) is 5.99. The fourth-order valence-electron chi connectivity index (χ4n) is 3.01. The molecule has 0 aliphatic carbocycles. The Kier molecular flexibility index (Phi) is 3.83. The van der Waals surface area contributed by atoms with Gasteiger partial charge in [-0.15, -0.1) is 0 Å². The quantitative estimate of drug-likeness (QED) is 0.924. The molecule has 1 fully saturated rings.